The normalized spacial score (nSPS) is 34.4. The summed E-state index contributed by atoms with van der Waals surface area (Å²) in [5.41, 5.74) is 1.70. The fourth-order valence-corrected chi connectivity index (χ4v) is 4.99. The smallest absolute Gasteiger partial charge is 0.342 e. The summed E-state index contributed by atoms with van der Waals surface area (Å²) >= 11 is 0. The minimum Gasteiger partial charge on any atom is -0.386 e. The molecule has 6 heteroatoms. The van der Waals surface area contributed by atoms with Crippen molar-refractivity contribution in [2.24, 2.45) is 23.7 Å². The van der Waals surface area contributed by atoms with E-state index in [-0.39, 0.29) is 23.7 Å². The van der Waals surface area contributed by atoms with Crippen LogP contribution in [-0.2, 0) is 28.7 Å². The Bertz CT molecular complexity index is 755. The van der Waals surface area contributed by atoms with E-state index in [0.29, 0.717) is 35.1 Å². The number of ether oxygens (including phenoxy) is 2. The zero-order chi connectivity index (χ0) is 17.2. The first-order valence-corrected chi connectivity index (χ1v) is 8.49. The van der Waals surface area contributed by atoms with E-state index in [0.717, 1.165) is 12.8 Å². The summed E-state index contributed by atoms with van der Waals surface area (Å²) in [5, 5.41) is 0. The van der Waals surface area contributed by atoms with Crippen LogP contribution in [0.2, 0.25) is 0 Å². The highest BCUT2D eigenvalue weighted by molar-refractivity contribution is 6.16. The lowest BCUT2D eigenvalue weighted by Crippen LogP contribution is -2.35. The molecule has 2 aliphatic carbocycles. The van der Waals surface area contributed by atoms with Crippen LogP contribution in [0.5, 0.6) is 0 Å². The van der Waals surface area contributed by atoms with Crippen molar-refractivity contribution in [3.63, 3.8) is 0 Å². The van der Waals surface area contributed by atoms with Gasteiger partial charge in [0.1, 0.15) is 0 Å². The van der Waals surface area contributed by atoms with Gasteiger partial charge in [0.2, 0.25) is 0 Å². The number of rotatable bonds is 3. The zero-order valence-electron chi connectivity index (χ0n) is 13.6. The van der Waals surface area contributed by atoms with Crippen molar-refractivity contribution in [3.8, 4) is 0 Å². The molecule has 126 valence electrons. The highest BCUT2D eigenvalue weighted by atomic mass is 16.6. The molecular weight excluding hydrogens is 312 g/mol. The van der Waals surface area contributed by atoms with Gasteiger partial charge in [-0.15, -0.1) is 0 Å². The maximum Gasteiger partial charge on any atom is 0.342 e. The first-order chi connectivity index (χ1) is 11.5. The van der Waals surface area contributed by atoms with Crippen molar-refractivity contribution in [2.45, 2.75) is 39.5 Å². The SMILES string of the molecule is CCC[C@@H]1C2=C(C(=O)OC2=O)[C@@H]2[C@H](CC)CC3=C(C(=O)OC3=O)[C@@H]21. The predicted octanol–water partition coefficient (Wildman–Crippen LogP) is 1.84. The fraction of sp³-hybridized carbons (Fsp3) is 0.556. The number of fused-ring (bicyclic) bond motifs is 3. The summed E-state index contributed by atoms with van der Waals surface area (Å²) < 4.78 is 9.69. The average molecular weight is 330 g/mol. The van der Waals surface area contributed by atoms with Crippen LogP contribution in [0.3, 0.4) is 0 Å². The van der Waals surface area contributed by atoms with E-state index in [1.54, 1.807) is 0 Å². The molecule has 0 amide bonds. The minimum absolute atomic E-state index is 0.0255. The highest BCUT2D eigenvalue weighted by Gasteiger charge is 2.60. The quantitative estimate of drug-likeness (QED) is 0.580. The molecule has 0 fully saturated rings. The van der Waals surface area contributed by atoms with Gasteiger partial charge in [0, 0.05) is 17.4 Å². The third kappa shape index (κ3) is 1.77. The van der Waals surface area contributed by atoms with Gasteiger partial charge in [0.05, 0.1) is 16.7 Å². The Morgan fingerprint density at radius 2 is 1.46 bits per heavy atom. The Balaban J connectivity index is 1.91. The molecule has 0 saturated heterocycles. The highest BCUT2D eigenvalue weighted by Crippen LogP contribution is 2.58. The fourth-order valence-electron chi connectivity index (χ4n) is 4.99. The second kappa shape index (κ2) is 5.13. The Hall–Kier alpha value is -2.24. The summed E-state index contributed by atoms with van der Waals surface area (Å²) in [6.45, 7) is 3.98. The molecule has 0 spiro atoms. The lowest BCUT2D eigenvalue weighted by Gasteiger charge is -2.36. The minimum atomic E-state index is -0.609. The van der Waals surface area contributed by atoms with E-state index >= 15 is 0 Å². The predicted molar refractivity (Wildman–Crippen MR) is 80.0 cm³/mol. The maximum absolute atomic E-state index is 12.3. The lowest BCUT2D eigenvalue weighted by atomic mass is 9.65. The van der Waals surface area contributed by atoms with Crippen LogP contribution in [-0.4, -0.2) is 23.9 Å². The largest absolute Gasteiger partial charge is 0.386 e. The zero-order valence-corrected chi connectivity index (χ0v) is 13.6. The Morgan fingerprint density at radius 3 is 2.12 bits per heavy atom. The van der Waals surface area contributed by atoms with Gasteiger partial charge in [0.25, 0.3) is 0 Å². The van der Waals surface area contributed by atoms with Crippen LogP contribution in [0.25, 0.3) is 0 Å². The number of carbonyl (C=O) groups is 4. The molecular formula is C18H18O6. The number of cyclic esters (lactones) is 4. The van der Waals surface area contributed by atoms with Crippen LogP contribution >= 0.6 is 0 Å². The van der Waals surface area contributed by atoms with Gasteiger partial charge >= 0.3 is 23.9 Å². The molecule has 0 unspecified atom stereocenters. The van der Waals surface area contributed by atoms with Crippen LogP contribution in [0.1, 0.15) is 39.5 Å². The van der Waals surface area contributed by atoms with Crippen LogP contribution in [0.15, 0.2) is 22.3 Å². The lowest BCUT2D eigenvalue weighted by molar-refractivity contribution is -0.154. The first kappa shape index (κ1) is 15.3. The van der Waals surface area contributed by atoms with E-state index in [1.807, 2.05) is 13.8 Å². The van der Waals surface area contributed by atoms with E-state index < -0.39 is 23.9 Å². The van der Waals surface area contributed by atoms with E-state index in [2.05, 4.69) is 0 Å². The number of hydrogen-bond donors (Lipinski definition) is 0. The summed E-state index contributed by atoms with van der Waals surface area (Å²) in [6.07, 6.45) is 2.62. The number of esters is 4. The Kier molecular flexibility index (Phi) is 3.27. The van der Waals surface area contributed by atoms with Crippen molar-refractivity contribution < 1.29 is 28.7 Å². The standard InChI is InChI=1S/C18H18O6/c1-3-5-8-11-10(14-12(8)16(20)24-18(14)22)7(4-2)6-9-13(11)17(21)23-15(9)19/h7-8,10-11H,3-6H2,1-2H3/t7-,8+,10-,11-/m1/s1. The third-order valence-corrected chi connectivity index (χ3v) is 5.85. The molecule has 4 rings (SSSR count). The molecule has 24 heavy (non-hydrogen) atoms. The van der Waals surface area contributed by atoms with Crippen molar-refractivity contribution in [1.29, 1.82) is 0 Å². The van der Waals surface area contributed by atoms with Gasteiger partial charge in [-0.3, -0.25) is 0 Å². The van der Waals surface area contributed by atoms with Crippen molar-refractivity contribution in [1.82, 2.24) is 0 Å². The molecule has 0 bridgehead atoms. The van der Waals surface area contributed by atoms with Crippen LogP contribution in [0.4, 0.5) is 0 Å². The summed E-state index contributed by atoms with van der Waals surface area (Å²) in [5.74, 6) is -3.13. The number of hydrogen-bond acceptors (Lipinski definition) is 6. The first-order valence-electron chi connectivity index (χ1n) is 8.49. The monoisotopic (exact) mass is 330 g/mol. The molecule has 0 N–H and O–H groups in total. The molecule has 2 heterocycles. The molecule has 0 aromatic carbocycles. The summed E-state index contributed by atoms with van der Waals surface area (Å²) in [6, 6.07) is 0. The molecule has 2 aliphatic heterocycles. The number of carbonyl (C=O) groups excluding carboxylic acids is 4. The molecule has 0 aromatic rings. The van der Waals surface area contributed by atoms with Gasteiger partial charge < -0.3 is 9.47 Å². The maximum atomic E-state index is 12.3. The summed E-state index contributed by atoms with van der Waals surface area (Å²) in [4.78, 5) is 48.8. The van der Waals surface area contributed by atoms with Gasteiger partial charge in [0.15, 0.2) is 0 Å². The summed E-state index contributed by atoms with van der Waals surface area (Å²) in [7, 11) is 0. The molecule has 0 radical (unpaired) electrons. The second-order valence-corrected chi connectivity index (χ2v) is 6.89. The van der Waals surface area contributed by atoms with Crippen molar-refractivity contribution in [3.05, 3.63) is 22.3 Å². The molecule has 6 nitrogen and oxygen atoms in total. The topological polar surface area (TPSA) is 86.7 Å². The average Bonchev–Trinajstić information content (AvgIpc) is 3.12. The van der Waals surface area contributed by atoms with Gasteiger partial charge in [-0.1, -0.05) is 26.7 Å². The third-order valence-electron chi connectivity index (χ3n) is 5.85. The molecule has 0 aromatic heterocycles. The van der Waals surface area contributed by atoms with Gasteiger partial charge in [-0.2, -0.15) is 0 Å². The second-order valence-electron chi connectivity index (χ2n) is 6.89. The van der Waals surface area contributed by atoms with Gasteiger partial charge in [-0.25, -0.2) is 19.2 Å². The van der Waals surface area contributed by atoms with Crippen LogP contribution in [0, 0.1) is 23.7 Å². The van der Waals surface area contributed by atoms with Crippen molar-refractivity contribution >= 4 is 23.9 Å². The molecule has 0 saturated carbocycles. The van der Waals surface area contributed by atoms with Crippen molar-refractivity contribution in [2.75, 3.05) is 0 Å². The molecule has 4 atom stereocenters. The van der Waals surface area contributed by atoms with E-state index in [1.165, 1.54) is 0 Å². The molecule has 4 aliphatic rings. The Labute approximate surface area is 138 Å². The van der Waals surface area contributed by atoms with E-state index in [4.69, 9.17) is 9.47 Å². The Morgan fingerprint density at radius 1 is 0.833 bits per heavy atom. The van der Waals surface area contributed by atoms with E-state index in [9.17, 15) is 19.2 Å². The van der Waals surface area contributed by atoms with Gasteiger partial charge in [-0.05, 0) is 24.7 Å². The van der Waals surface area contributed by atoms with Crippen LogP contribution < -0.4 is 0 Å².